The number of rotatable bonds is 5. The summed E-state index contributed by atoms with van der Waals surface area (Å²) in [6.07, 6.45) is 0.891. The number of quaternary nitrogens is 1. The van der Waals surface area contributed by atoms with Gasteiger partial charge in [0.2, 0.25) is 5.69 Å². The number of para-hydroxylation sites is 1. The van der Waals surface area contributed by atoms with E-state index in [-0.39, 0.29) is 23.4 Å². The van der Waals surface area contributed by atoms with Crippen molar-refractivity contribution in [3.05, 3.63) is 69.4 Å². The molecule has 168 valence electrons. The van der Waals surface area contributed by atoms with Gasteiger partial charge in [-0.15, -0.1) is 0 Å². The third-order valence-corrected chi connectivity index (χ3v) is 6.67. The number of benzene rings is 1. The highest BCUT2D eigenvalue weighted by Crippen LogP contribution is 2.36. The van der Waals surface area contributed by atoms with Gasteiger partial charge in [-0.1, -0.05) is 18.2 Å². The average molecular weight is 438 g/mol. The van der Waals surface area contributed by atoms with E-state index in [2.05, 4.69) is 0 Å². The largest absolute Gasteiger partial charge is 0.595 e. The molecular formula is C23H26N4O5. The van der Waals surface area contributed by atoms with Gasteiger partial charge in [-0.3, -0.25) is 9.59 Å². The molecular weight excluding hydrogens is 412 g/mol. The molecule has 1 saturated heterocycles. The molecule has 0 spiro atoms. The van der Waals surface area contributed by atoms with E-state index in [1.807, 2.05) is 39.8 Å². The molecule has 3 atom stereocenters. The van der Waals surface area contributed by atoms with Gasteiger partial charge in [0.15, 0.2) is 0 Å². The van der Waals surface area contributed by atoms with Crippen LogP contribution in [0.15, 0.2) is 47.3 Å². The summed E-state index contributed by atoms with van der Waals surface area (Å²) in [5.74, 6) is 0.104. The van der Waals surface area contributed by atoms with E-state index in [1.165, 1.54) is 6.07 Å². The first kappa shape index (κ1) is 20.9. The van der Waals surface area contributed by atoms with Crippen molar-refractivity contribution in [2.45, 2.75) is 25.4 Å². The number of amides is 1. The van der Waals surface area contributed by atoms with Crippen LogP contribution < -0.4 is 10.8 Å². The zero-order chi connectivity index (χ0) is 22.4. The summed E-state index contributed by atoms with van der Waals surface area (Å²) in [7, 11) is 1.65. The molecule has 32 heavy (non-hydrogen) atoms. The Morgan fingerprint density at radius 2 is 2.03 bits per heavy atom. The van der Waals surface area contributed by atoms with E-state index in [0.29, 0.717) is 38.5 Å². The number of fused-ring (bicyclic) bond motifs is 5. The Balaban J connectivity index is 1.47. The molecule has 2 N–H and O–H groups in total. The van der Waals surface area contributed by atoms with Crippen LogP contribution in [0.2, 0.25) is 0 Å². The van der Waals surface area contributed by atoms with Crippen LogP contribution >= 0.6 is 0 Å². The minimum atomic E-state index is -1.21. The Morgan fingerprint density at radius 3 is 2.81 bits per heavy atom. The Morgan fingerprint density at radius 1 is 1.22 bits per heavy atom. The number of carbonyl (C=O) groups excluding carboxylic acids is 1. The van der Waals surface area contributed by atoms with Crippen LogP contribution in [-0.2, 0) is 17.8 Å². The first-order valence-corrected chi connectivity index (χ1v) is 10.8. The highest BCUT2D eigenvalue weighted by molar-refractivity contribution is 5.99. The number of nitrogens with zero attached hydrogens (tertiary/aromatic N) is 3. The second-order valence-electron chi connectivity index (χ2n) is 8.63. The molecule has 0 aliphatic carbocycles. The molecule has 0 radical (unpaired) electrons. The van der Waals surface area contributed by atoms with Crippen molar-refractivity contribution < 1.29 is 20.0 Å². The zero-order valence-corrected chi connectivity index (χ0v) is 17.9. The summed E-state index contributed by atoms with van der Waals surface area (Å²) in [6.45, 7) is 2.58. The van der Waals surface area contributed by atoms with Crippen LogP contribution in [-0.4, -0.2) is 52.0 Å². The first-order chi connectivity index (χ1) is 15.5. The number of hydrogen-bond acceptors (Lipinski definition) is 5. The molecule has 4 heterocycles. The Kier molecular flexibility index (Phi) is 5.34. The molecule has 1 unspecified atom stereocenters. The molecule has 3 aromatic rings. The first-order valence-electron chi connectivity index (χ1n) is 10.8. The summed E-state index contributed by atoms with van der Waals surface area (Å²) in [5, 5.41) is 20.4. The van der Waals surface area contributed by atoms with E-state index in [1.54, 1.807) is 17.7 Å². The molecule has 5 rings (SSSR count). The second kappa shape index (κ2) is 8.18. The van der Waals surface area contributed by atoms with Gasteiger partial charge in [-0.25, -0.2) is 5.21 Å². The number of pyridine rings is 1. The lowest BCUT2D eigenvalue weighted by atomic mass is 9.83. The van der Waals surface area contributed by atoms with Gasteiger partial charge in [-0.2, -0.15) is 5.23 Å². The van der Waals surface area contributed by atoms with E-state index < -0.39 is 10.8 Å². The fraction of sp³-hybridized carbons (Fsp3) is 0.391. The van der Waals surface area contributed by atoms with Crippen LogP contribution in [0.3, 0.4) is 0 Å². The third-order valence-electron chi connectivity index (χ3n) is 6.67. The number of hydrogen-bond donors (Lipinski definition) is 2. The van der Waals surface area contributed by atoms with Crippen LogP contribution in [0.4, 0.5) is 5.69 Å². The Hall–Kier alpha value is -2.98. The van der Waals surface area contributed by atoms with Gasteiger partial charge < -0.3 is 24.0 Å². The number of likely N-dealkylation sites (tertiary alicyclic amines) is 1. The number of ether oxygens (including phenoxy) is 1. The number of piperidine rings is 1. The maximum Gasteiger partial charge on any atom is 0.315 e. The van der Waals surface area contributed by atoms with Crippen molar-refractivity contribution in [1.82, 2.24) is 14.0 Å². The normalized spacial score (nSPS) is 20.9. The minimum Gasteiger partial charge on any atom is -0.595 e. The average Bonchev–Trinajstić information content (AvgIpc) is 3.16. The fourth-order valence-electron chi connectivity index (χ4n) is 5.25. The fourth-order valence-corrected chi connectivity index (χ4v) is 5.25. The van der Waals surface area contributed by atoms with Crippen LogP contribution in [0.1, 0.15) is 28.5 Å². The molecule has 0 saturated carbocycles. The van der Waals surface area contributed by atoms with E-state index in [0.717, 1.165) is 23.0 Å². The monoisotopic (exact) mass is 438 g/mol. The molecule has 2 aromatic heterocycles. The maximum absolute atomic E-state index is 13.6. The van der Waals surface area contributed by atoms with Gasteiger partial charge in [0.1, 0.15) is 5.69 Å². The topological polar surface area (TPSA) is 104 Å². The van der Waals surface area contributed by atoms with E-state index >= 15 is 0 Å². The molecule has 9 nitrogen and oxygen atoms in total. The Labute approximate surface area is 184 Å². The van der Waals surface area contributed by atoms with Crippen molar-refractivity contribution >= 4 is 22.5 Å². The minimum absolute atomic E-state index is 0.0128. The lowest BCUT2D eigenvalue weighted by Crippen LogP contribution is -3.00. The molecule has 1 fully saturated rings. The quantitative estimate of drug-likeness (QED) is 0.581. The second-order valence-corrected chi connectivity index (χ2v) is 8.63. The lowest BCUT2D eigenvalue weighted by molar-refractivity contribution is -0.992. The highest BCUT2D eigenvalue weighted by atomic mass is 16.8. The lowest BCUT2D eigenvalue weighted by Gasteiger charge is -2.42. The summed E-state index contributed by atoms with van der Waals surface area (Å²) in [4.78, 5) is 28.2. The van der Waals surface area contributed by atoms with Gasteiger partial charge in [0, 0.05) is 61.9 Å². The number of carbonyl (C=O) groups is 1. The highest BCUT2D eigenvalue weighted by Gasteiger charge is 2.38. The SMILES string of the molecule is COCCn1c(C(=O)N2C[C@@H]3C[C@@H](C2)c2ccc([NH+]([O-])O)c(=O)n2C3)cc2ccccc21. The van der Waals surface area contributed by atoms with Crippen LogP contribution in [0, 0.1) is 11.1 Å². The van der Waals surface area contributed by atoms with Gasteiger partial charge in [0.25, 0.3) is 5.91 Å². The van der Waals surface area contributed by atoms with Crippen molar-refractivity contribution in [2.75, 3.05) is 26.8 Å². The summed E-state index contributed by atoms with van der Waals surface area (Å²) < 4.78 is 8.88. The standard InChI is InChI=1S/C23H26N4O5/c1-32-9-8-25-18-5-3-2-4-16(18)11-21(25)22(28)24-12-15-10-17(14-24)19-6-7-20(27(30)31)23(29)26(19)13-15/h2-7,11,15,17,27,30H,8-10,12-14H2,1H3/t15-,17-/m0/s1. The Bertz CT molecular complexity index is 1230. The summed E-state index contributed by atoms with van der Waals surface area (Å²) in [6, 6.07) is 13.0. The van der Waals surface area contributed by atoms with Crippen molar-refractivity contribution in [1.29, 1.82) is 0 Å². The smallest absolute Gasteiger partial charge is 0.315 e. The van der Waals surface area contributed by atoms with Crippen molar-refractivity contribution in [2.24, 2.45) is 5.92 Å². The van der Waals surface area contributed by atoms with Crippen molar-refractivity contribution in [3.8, 4) is 0 Å². The van der Waals surface area contributed by atoms with Gasteiger partial charge in [0.05, 0.1) is 6.61 Å². The predicted octanol–water partition coefficient (Wildman–Crippen LogP) is 1.11. The van der Waals surface area contributed by atoms with Crippen molar-refractivity contribution in [3.63, 3.8) is 0 Å². The van der Waals surface area contributed by atoms with E-state index in [4.69, 9.17) is 4.74 Å². The number of nitrogens with one attached hydrogen (secondary N) is 1. The molecule has 2 aliphatic heterocycles. The van der Waals surface area contributed by atoms with Crippen LogP contribution in [0.5, 0.6) is 0 Å². The summed E-state index contributed by atoms with van der Waals surface area (Å²) in [5.41, 5.74) is 1.80. The third kappa shape index (κ3) is 3.43. The zero-order valence-electron chi connectivity index (χ0n) is 17.9. The van der Waals surface area contributed by atoms with Crippen LogP contribution in [0.25, 0.3) is 10.9 Å². The maximum atomic E-state index is 13.6. The van der Waals surface area contributed by atoms with E-state index in [9.17, 15) is 20.0 Å². The molecule has 2 aliphatic rings. The molecule has 1 amide bonds. The predicted molar refractivity (Wildman–Crippen MR) is 117 cm³/mol. The molecule has 2 bridgehead atoms. The molecule has 1 aromatic carbocycles. The summed E-state index contributed by atoms with van der Waals surface area (Å²) >= 11 is 0. The van der Waals surface area contributed by atoms with Gasteiger partial charge in [-0.05, 0) is 30.5 Å². The van der Waals surface area contributed by atoms with Gasteiger partial charge >= 0.3 is 5.56 Å². The number of aromatic nitrogens is 2. The molecule has 9 heteroatoms. The number of methoxy groups -OCH3 is 1.